The summed E-state index contributed by atoms with van der Waals surface area (Å²) < 4.78 is 7.48. The van der Waals surface area contributed by atoms with Crippen LogP contribution < -0.4 is 5.32 Å². The van der Waals surface area contributed by atoms with E-state index >= 15 is 0 Å². The Labute approximate surface area is 195 Å². The summed E-state index contributed by atoms with van der Waals surface area (Å²) in [5.41, 5.74) is 4.50. The Bertz CT molecular complexity index is 1440. The molecule has 1 aromatic carbocycles. The van der Waals surface area contributed by atoms with E-state index in [9.17, 15) is 4.79 Å². The number of pyridine rings is 1. The number of aromatic nitrogens is 4. The van der Waals surface area contributed by atoms with Gasteiger partial charge >= 0.3 is 6.09 Å². The van der Waals surface area contributed by atoms with Gasteiger partial charge in [0.05, 0.1) is 5.69 Å². The van der Waals surface area contributed by atoms with E-state index in [4.69, 9.17) is 9.72 Å². The zero-order chi connectivity index (χ0) is 23.0. The molecule has 7 nitrogen and oxygen atoms in total. The first-order valence-corrected chi connectivity index (χ1v) is 11.7. The quantitative estimate of drug-likeness (QED) is 0.346. The molecule has 0 saturated heterocycles. The van der Waals surface area contributed by atoms with Gasteiger partial charge in [-0.2, -0.15) is 0 Å². The number of thiazole rings is 1. The molecule has 0 aliphatic rings. The number of para-hydroxylation sites is 1. The Morgan fingerprint density at radius 3 is 2.82 bits per heavy atom. The van der Waals surface area contributed by atoms with Crippen molar-refractivity contribution < 1.29 is 9.53 Å². The van der Waals surface area contributed by atoms with E-state index in [0.717, 1.165) is 43.8 Å². The summed E-state index contributed by atoms with van der Waals surface area (Å²) in [4.78, 5) is 24.5. The molecule has 4 heterocycles. The third-order valence-corrected chi connectivity index (χ3v) is 6.15. The smallest absolute Gasteiger partial charge is 0.407 e. The van der Waals surface area contributed by atoms with Gasteiger partial charge in [-0.3, -0.25) is 0 Å². The topological polar surface area (TPSA) is 84.8 Å². The first-order chi connectivity index (χ1) is 15.9. The molecule has 0 saturated carbocycles. The van der Waals surface area contributed by atoms with Gasteiger partial charge in [-0.25, -0.2) is 14.8 Å². The van der Waals surface area contributed by atoms with Crippen LogP contribution in [0, 0.1) is 0 Å². The van der Waals surface area contributed by atoms with Gasteiger partial charge in [0.25, 0.3) is 0 Å². The van der Waals surface area contributed by atoms with Crippen LogP contribution in [0.4, 0.5) is 4.79 Å². The minimum absolute atomic E-state index is 0.406. The van der Waals surface area contributed by atoms with Crippen LogP contribution in [0.3, 0.4) is 0 Å². The summed E-state index contributed by atoms with van der Waals surface area (Å²) in [6, 6.07) is 12.2. The average molecular weight is 460 g/mol. The van der Waals surface area contributed by atoms with Gasteiger partial charge in [0.2, 0.25) is 0 Å². The van der Waals surface area contributed by atoms with Crippen LogP contribution in [0.25, 0.3) is 43.8 Å². The van der Waals surface area contributed by atoms with Crippen LogP contribution in [-0.2, 0) is 11.3 Å². The molecule has 1 amide bonds. The van der Waals surface area contributed by atoms with Crippen LogP contribution in [0.1, 0.15) is 20.8 Å². The van der Waals surface area contributed by atoms with E-state index in [-0.39, 0.29) is 0 Å². The number of nitrogens with one attached hydrogen (secondary N) is 2. The fourth-order valence-electron chi connectivity index (χ4n) is 3.88. The van der Waals surface area contributed by atoms with Crippen molar-refractivity contribution in [3.8, 4) is 21.8 Å². The highest BCUT2D eigenvalue weighted by Crippen LogP contribution is 2.36. The molecule has 2 N–H and O–H groups in total. The molecule has 0 atom stereocenters. The SMILES string of the molecule is CC(C)(C)OC(=O)NCCn1cc(-c2nc(-c3c[nH]c4ncccc34)cs2)c2ccccc21. The molecule has 0 aliphatic heterocycles. The highest BCUT2D eigenvalue weighted by atomic mass is 32.1. The van der Waals surface area contributed by atoms with E-state index in [1.165, 1.54) is 0 Å². The molecule has 8 heteroatoms. The minimum Gasteiger partial charge on any atom is -0.444 e. The largest absolute Gasteiger partial charge is 0.444 e. The lowest BCUT2D eigenvalue weighted by atomic mass is 10.1. The molecule has 4 aromatic heterocycles. The maximum atomic E-state index is 12.0. The fraction of sp³-hybridized carbons (Fsp3) is 0.240. The normalized spacial score (nSPS) is 11.8. The number of alkyl carbamates (subject to hydrolysis) is 1. The van der Waals surface area contributed by atoms with Crippen LogP contribution in [0.5, 0.6) is 0 Å². The number of aromatic amines is 1. The number of nitrogens with zero attached hydrogens (tertiary/aromatic N) is 3. The van der Waals surface area contributed by atoms with Crippen molar-refractivity contribution in [2.75, 3.05) is 6.54 Å². The number of carbonyl (C=O) groups is 1. The van der Waals surface area contributed by atoms with Gasteiger partial charge in [-0.15, -0.1) is 11.3 Å². The van der Waals surface area contributed by atoms with E-state index in [2.05, 4.69) is 49.6 Å². The van der Waals surface area contributed by atoms with Crippen LogP contribution >= 0.6 is 11.3 Å². The Kier molecular flexibility index (Phi) is 5.38. The molecule has 5 aromatic rings. The number of carbonyl (C=O) groups excluding carboxylic acids is 1. The predicted molar refractivity (Wildman–Crippen MR) is 132 cm³/mol. The monoisotopic (exact) mass is 459 g/mol. The molecular formula is C25H25N5O2S. The molecule has 5 rings (SSSR count). The van der Waals surface area contributed by atoms with Crippen molar-refractivity contribution >= 4 is 39.4 Å². The number of amides is 1. The zero-order valence-electron chi connectivity index (χ0n) is 18.8. The van der Waals surface area contributed by atoms with Gasteiger partial charge in [0.1, 0.15) is 16.3 Å². The Hall–Kier alpha value is -3.65. The van der Waals surface area contributed by atoms with Crippen molar-refractivity contribution in [2.24, 2.45) is 0 Å². The number of benzene rings is 1. The maximum Gasteiger partial charge on any atom is 0.407 e. The van der Waals surface area contributed by atoms with Crippen molar-refractivity contribution in [3.05, 3.63) is 60.4 Å². The third-order valence-electron chi connectivity index (χ3n) is 5.27. The molecule has 0 bridgehead atoms. The summed E-state index contributed by atoms with van der Waals surface area (Å²) >= 11 is 1.62. The number of hydrogen-bond donors (Lipinski definition) is 2. The lowest BCUT2D eigenvalue weighted by molar-refractivity contribution is 0.0526. The second-order valence-electron chi connectivity index (χ2n) is 8.82. The second-order valence-corrected chi connectivity index (χ2v) is 9.68. The summed E-state index contributed by atoms with van der Waals surface area (Å²) in [6.45, 7) is 6.67. The molecule has 0 aliphatic carbocycles. The van der Waals surface area contributed by atoms with Crippen molar-refractivity contribution in [2.45, 2.75) is 32.9 Å². The van der Waals surface area contributed by atoms with Crippen LogP contribution in [0.2, 0.25) is 0 Å². The number of ether oxygens (including phenoxy) is 1. The number of rotatable bonds is 5. The lowest BCUT2D eigenvalue weighted by Gasteiger charge is -2.19. The van der Waals surface area contributed by atoms with Crippen LogP contribution in [0.15, 0.2) is 60.4 Å². The standard InChI is InChI=1S/C25H25N5O2S/c1-25(2,3)32-24(31)27-11-12-30-14-19(16-7-4-5-9-21(16)30)23-29-20(15-33-23)18-13-28-22-17(18)8-6-10-26-22/h4-10,13-15H,11-12H2,1-3H3,(H,26,28)(H,27,31). The first kappa shape index (κ1) is 21.2. The van der Waals surface area contributed by atoms with E-state index in [1.807, 2.05) is 45.2 Å². The lowest BCUT2D eigenvalue weighted by Crippen LogP contribution is -2.34. The zero-order valence-corrected chi connectivity index (χ0v) is 19.6. The third kappa shape index (κ3) is 4.34. The van der Waals surface area contributed by atoms with Crippen LogP contribution in [-0.4, -0.2) is 37.8 Å². The van der Waals surface area contributed by atoms with Gasteiger partial charge < -0.3 is 19.6 Å². The Morgan fingerprint density at radius 1 is 1.15 bits per heavy atom. The van der Waals surface area contributed by atoms with Crippen molar-refractivity contribution in [1.82, 2.24) is 24.8 Å². The van der Waals surface area contributed by atoms with Gasteiger partial charge in [-0.05, 0) is 39.0 Å². The second kappa shape index (κ2) is 8.37. The maximum absolute atomic E-state index is 12.0. The van der Waals surface area contributed by atoms with E-state index in [1.54, 1.807) is 17.5 Å². The van der Waals surface area contributed by atoms with E-state index in [0.29, 0.717) is 13.1 Å². The summed E-state index contributed by atoms with van der Waals surface area (Å²) in [6.07, 6.45) is 5.45. The molecule has 0 spiro atoms. The van der Waals surface area contributed by atoms with Gasteiger partial charge in [0, 0.05) is 64.5 Å². The molecule has 168 valence electrons. The van der Waals surface area contributed by atoms with Gasteiger partial charge in [0.15, 0.2) is 0 Å². The predicted octanol–water partition coefficient (Wildman–Crippen LogP) is 5.83. The van der Waals surface area contributed by atoms with Crippen molar-refractivity contribution in [3.63, 3.8) is 0 Å². The Balaban J connectivity index is 1.41. The average Bonchev–Trinajstić information content (AvgIpc) is 3.49. The highest BCUT2D eigenvalue weighted by molar-refractivity contribution is 7.13. The Morgan fingerprint density at radius 2 is 1.97 bits per heavy atom. The molecule has 0 fully saturated rings. The minimum atomic E-state index is -0.513. The van der Waals surface area contributed by atoms with E-state index < -0.39 is 11.7 Å². The first-order valence-electron chi connectivity index (χ1n) is 10.8. The van der Waals surface area contributed by atoms with Crippen molar-refractivity contribution in [1.29, 1.82) is 0 Å². The molecule has 0 radical (unpaired) electrons. The summed E-state index contributed by atoms with van der Waals surface area (Å²) in [5, 5.41) is 8.07. The van der Waals surface area contributed by atoms with Gasteiger partial charge in [-0.1, -0.05) is 18.2 Å². The highest BCUT2D eigenvalue weighted by Gasteiger charge is 2.17. The fourth-order valence-corrected chi connectivity index (χ4v) is 4.73. The molecular weight excluding hydrogens is 434 g/mol. The number of hydrogen-bond acceptors (Lipinski definition) is 5. The molecule has 33 heavy (non-hydrogen) atoms. The summed E-state index contributed by atoms with van der Waals surface area (Å²) in [5.74, 6) is 0. The molecule has 0 unspecified atom stereocenters. The number of H-pyrrole nitrogens is 1. The number of fused-ring (bicyclic) bond motifs is 2. The summed E-state index contributed by atoms with van der Waals surface area (Å²) in [7, 11) is 0.